The number of carbonyl (C=O) groups excluding carboxylic acids is 2. The molecule has 0 fully saturated rings. The molecule has 2 radical (unpaired) electrons. The lowest BCUT2D eigenvalue weighted by atomic mass is 9.62. The maximum absolute atomic E-state index is 12.8. The van der Waals surface area contributed by atoms with Gasteiger partial charge in [-0.3, -0.25) is 9.59 Å². The zero-order valence-corrected chi connectivity index (χ0v) is 23.4. The van der Waals surface area contributed by atoms with Crippen LogP contribution in [0.4, 0.5) is 0 Å². The smallest absolute Gasteiger partial charge is 0.255 e. The zero-order chi connectivity index (χ0) is 27.2. The lowest BCUT2D eigenvalue weighted by Gasteiger charge is -2.36. The van der Waals surface area contributed by atoms with E-state index in [2.05, 4.69) is 52.2 Å². The number of rotatable bonds is 13. The monoisotopic (exact) mass is 486 g/mol. The van der Waals surface area contributed by atoms with Crippen molar-refractivity contribution in [2.24, 2.45) is 16.2 Å². The third-order valence-electron chi connectivity index (χ3n) is 7.44. The molecule has 4 N–H and O–H groups in total. The van der Waals surface area contributed by atoms with E-state index in [0.717, 1.165) is 25.7 Å². The molecule has 0 bridgehead atoms. The predicted octanol–water partition coefficient (Wildman–Crippen LogP) is 5.97. The van der Waals surface area contributed by atoms with Crippen molar-refractivity contribution in [1.29, 1.82) is 0 Å². The molecule has 1 aromatic carbocycles. The van der Waals surface area contributed by atoms with Crippen molar-refractivity contribution in [3.63, 3.8) is 0 Å². The van der Waals surface area contributed by atoms with Crippen molar-refractivity contribution in [2.75, 3.05) is 13.1 Å². The highest BCUT2D eigenvalue weighted by atomic mass is 16.3. The van der Waals surface area contributed by atoms with Crippen molar-refractivity contribution in [1.82, 2.24) is 10.6 Å². The molecule has 7 heteroatoms. The Labute approximate surface area is 214 Å². The molecule has 35 heavy (non-hydrogen) atoms. The number of amides is 2. The van der Waals surface area contributed by atoms with Crippen LogP contribution in [0.3, 0.4) is 0 Å². The largest absolute Gasteiger partial charge is 0.504 e. The molecule has 0 saturated heterocycles. The van der Waals surface area contributed by atoms with Gasteiger partial charge < -0.3 is 20.8 Å². The van der Waals surface area contributed by atoms with Gasteiger partial charge in [-0.15, -0.1) is 0 Å². The van der Waals surface area contributed by atoms with Crippen molar-refractivity contribution >= 4 is 19.7 Å². The van der Waals surface area contributed by atoms with Gasteiger partial charge in [0, 0.05) is 13.1 Å². The van der Waals surface area contributed by atoms with Crippen LogP contribution < -0.4 is 10.6 Å². The summed E-state index contributed by atoms with van der Waals surface area (Å²) in [5.41, 5.74) is -0.304. The molecule has 0 aliphatic carbocycles. The summed E-state index contributed by atoms with van der Waals surface area (Å²) in [6, 6.07) is 2.75. The van der Waals surface area contributed by atoms with Crippen molar-refractivity contribution in [2.45, 2.75) is 99.7 Å². The number of nitrogens with one attached hydrogen (secondary N) is 2. The van der Waals surface area contributed by atoms with Crippen LogP contribution in [0, 0.1) is 16.2 Å². The number of phenolic OH excluding ortho intramolecular Hbond substituents is 2. The number of hydrogen-bond donors (Lipinski definition) is 4. The first-order valence-corrected chi connectivity index (χ1v) is 12.8. The van der Waals surface area contributed by atoms with Gasteiger partial charge in [0.1, 0.15) is 0 Å². The van der Waals surface area contributed by atoms with Gasteiger partial charge in [0.25, 0.3) is 11.8 Å². The molecular formula is C28H47BN2O4. The van der Waals surface area contributed by atoms with E-state index in [1.165, 1.54) is 12.1 Å². The van der Waals surface area contributed by atoms with Gasteiger partial charge in [0.05, 0.1) is 19.0 Å². The summed E-state index contributed by atoms with van der Waals surface area (Å²) in [7, 11) is 6.18. The first-order valence-electron chi connectivity index (χ1n) is 12.8. The molecule has 2 atom stereocenters. The molecule has 0 saturated carbocycles. The predicted molar refractivity (Wildman–Crippen MR) is 144 cm³/mol. The van der Waals surface area contributed by atoms with Crippen LogP contribution in [-0.2, 0) is 0 Å². The maximum atomic E-state index is 12.8. The lowest BCUT2D eigenvalue weighted by Crippen LogP contribution is -2.38. The fourth-order valence-electron chi connectivity index (χ4n) is 4.73. The number of aromatic hydroxyl groups is 2. The van der Waals surface area contributed by atoms with Gasteiger partial charge in [0.2, 0.25) is 0 Å². The summed E-state index contributed by atoms with van der Waals surface area (Å²) >= 11 is 0. The van der Waals surface area contributed by atoms with Gasteiger partial charge >= 0.3 is 0 Å². The first kappa shape index (κ1) is 30.9. The van der Waals surface area contributed by atoms with E-state index < -0.39 is 23.3 Å². The highest BCUT2D eigenvalue weighted by Gasteiger charge is 2.32. The van der Waals surface area contributed by atoms with Gasteiger partial charge in [-0.25, -0.2) is 0 Å². The molecule has 0 spiro atoms. The minimum atomic E-state index is -0.599. The molecule has 2 unspecified atom stereocenters. The van der Waals surface area contributed by atoms with E-state index in [4.69, 9.17) is 7.85 Å². The van der Waals surface area contributed by atoms with Crippen LogP contribution in [-0.4, -0.2) is 43.0 Å². The maximum Gasteiger partial charge on any atom is 0.255 e. The summed E-state index contributed by atoms with van der Waals surface area (Å²) in [6.07, 6.45) is 4.40. The Hall–Kier alpha value is -2.18. The number of hydrogen-bond acceptors (Lipinski definition) is 4. The third-order valence-corrected chi connectivity index (χ3v) is 7.44. The molecule has 196 valence electrons. The number of carbonyl (C=O) groups is 2. The summed E-state index contributed by atoms with van der Waals surface area (Å²) in [4.78, 5) is 25.6. The Balaban J connectivity index is 2.96. The first-order chi connectivity index (χ1) is 15.9. The minimum absolute atomic E-state index is 0.0597. The fraction of sp³-hybridized carbons (Fsp3) is 0.714. The molecule has 0 heterocycles. The molecule has 1 rings (SSSR count). The molecule has 0 aliphatic heterocycles. The van der Waals surface area contributed by atoms with Crippen molar-refractivity contribution in [3.05, 3.63) is 23.3 Å². The Bertz CT molecular complexity index is 894. The van der Waals surface area contributed by atoms with Crippen LogP contribution in [0.2, 0.25) is 5.31 Å². The van der Waals surface area contributed by atoms with Gasteiger partial charge in [-0.2, -0.15) is 0 Å². The highest BCUT2D eigenvalue weighted by molar-refractivity contribution is 6.14. The fourth-order valence-corrected chi connectivity index (χ4v) is 4.73. The van der Waals surface area contributed by atoms with E-state index in [9.17, 15) is 19.8 Å². The quantitative estimate of drug-likeness (QED) is 0.204. The third kappa shape index (κ3) is 9.08. The van der Waals surface area contributed by atoms with E-state index >= 15 is 0 Å². The summed E-state index contributed by atoms with van der Waals surface area (Å²) in [6.45, 7) is 19.7. The van der Waals surface area contributed by atoms with E-state index in [-0.39, 0.29) is 32.7 Å². The average molecular weight is 487 g/mol. The van der Waals surface area contributed by atoms with Crippen LogP contribution >= 0.6 is 0 Å². The molecule has 6 nitrogen and oxygen atoms in total. The second-order valence-electron chi connectivity index (χ2n) is 12.4. The second kappa shape index (κ2) is 11.7. The molecule has 0 aliphatic rings. The highest BCUT2D eigenvalue weighted by Crippen LogP contribution is 2.40. The Morgan fingerprint density at radius 1 is 0.743 bits per heavy atom. The minimum Gasteiger partial charge on any atom is -0.504 e. The SMILES string of the molecule is [B]C(C)(C)CC(C)(CC)CNC(=O)c1ccc(C(=O)NCC(C)(CC)CC(C)(C)CC)c(O)c1O. The van der Waals surface area contributed by atoms with Crippen molar-refractivity contribution in [3.8, 4) is 11.5 Å². The lowest BCUT2D eigenvalue weighted by molar-refractivity contribution is 0.0896. The zero-order valence-electron chi connectivity index (χ0n) is 23.4. The van der Waals surface area contributed by atoms with E-state index in [0.29, 0.717) is 19.5 Å². The molecule has 0 aromatic heterocycles. The van der Waals surface area contributed by atoms with Crippen LogP contribution in [0.5, 0.6) is 11.5 Å². The second-order valence-corrected chi connectivity index (χ2v) is 12.4. The normalized spacial score (nSPS) is 15.7. The summed E-state index contributed by atoms with van der Waals surface area (Å²) in [5.74, 6) is -2.19. The topological polar surface area (TPSA) is 98.7 Å². The van der Waals surface area contributed by atoms with Crippen LogP contribution in [0.15, 0.2) is 12.1 Å². The van der Waals surface area contributed by atoms with Gasteiger partial charge in [0.15, 0.2) is 11.5 Å². The van der Waals surface area contributed by atoms with Gasteiger partial charge in [-0.1, -0.05) is 74.0 Å². The Kier molecular flexibility index (Phi) is 10.3. The number of benzene rings is 1. The molecule has 1 aromatic rings. The Morgan fingerprint density at radius 2 is 1.11 bits per heavy atom. The standard InChI is InChI=1S/C28H47BN2O4/c1-10-25(4,5)15-27(8,11-2)17-30-23(34)19-13-14-20(22(33)21(19)32)24(35)31-18-28(9,12-3)16-26(6,7)29/h13-14,32-33H,10-12,15-18H2,1-9H3,(H,30,34)(H,31,35). The Morgan fingerprint density at radius 3 is 1.43 bits per heavy atom. The van der Waals surface area contributed by atoms with E-state index in [1.54, 1.807) is 0 Å². The number of phenols is 2. The average Bonchev–Trinajstić information content (AvgIpc) is 2.76. The summed E-state index contributed by atoms with van der Waals surface area (Å²) < 4.78 is 0. The van der Waals surface area contributed by atoms with Crippen LogP contribution in [0.25, 0.3) is 0 Å². The molecule has 2 amide bonds. The van der Waals surface area contributed by atoms with Gasteiger partial charge in [-0.05, 0) is 54.1 Å². The summed E-state index contributed by atoms with van der Waals surface area (Å²) in [5, 5.41) is 26.4. The molecular weight excluding hydrogens is 439 g/mol. The van der Waals surface area contributed by atoms with Crippen molar-refractivity contribution < 1.29 is 19.8 Å². The van der Waals surface area contributed by atoms with Crippen LogP contribution in [0.1, 0.15) is 115 Å². The van der Waals surface area contributed by atoms with E-state index in [1.807, 2.05) is 20.8 Å².